The van der Waals surface area contributed by atoms with Gasteiger partial charge in [0.05, 0.1) is 6.61 Å². The number of benzene rings is 1. The van der Waals surface area contributed by atoms with Gasteiger partial charge in [-0.05, 0) is 44.4 Å². The van der Waals surface area contributed by atoms with Crippen molar-refractivity contribution < 1.29 is 4.74 Å². The minimum atomic E-state index is 0. The van der Waals surface area contributed by atoms with Gasteiger partial charge in [-0.1, -0.05) is 12.1 Å². The lowest BCUT2D eigenvalue weighted by Gasteiger charge is -2.23. The van der Waals surface area contributed by atoms with Crippen LogP contribution in [0.2, 0.25) is 0 Å². The molecule has 21 heavy (non-hydrogen) atoms. The molecular formula is C16H26IN3O. The van der Waals surface area contributed by atoms with Crippen LogP contribution in [0.1, 0.15) is 31.9 Å². The SMILES string of the molecule is CN=C(NCCc1ccc2c(c1)CCO2)NC(C)(C)C.I. The van der Waals surface area contributed by atoms with E-state index in [4.69, 9.17) is 4.74 Å². The van der Waals surface area contributed by atoms with Gasteiger partial charge in [0.2, 0.25) is 0 Å². The fourth-order valence-corrected chi connectivity index (χ4v) is 2.26. The van der Waals surface area contributed by atoms with Crippen molar-refractivity contribution in [1.29, 1.82) is 0 Å². The first-order valence-electron chi connectivity index (χ1n) is 7.21. The second kappa shape index (κ2) is 7.87. The standard InChI is InChI=1S/C16H25N3O.HI/c1-16(2,3)19-15(17-4)18-9-7-12-5-6-14-13(11-12)8-10-20-14;/h5-6,11H,7-10H2,1-4H3,(H2,17,18,19);1H. The Morgan fingerprint density at radius 2 is 2.10 bits per heavy atom. The zero-order valence-electron chi connectivity index (χ0n) is 13.3. The molecule has 4 nitrogen and oxygen atoms in total. The molecule has 1 heterocycles. The van der Waals surface area contributed by atoms with Crippen LogP contribution in [0.5, 0.6) is 5.75 Å². The first-order chi connectivity index (χ1) is 9.48. The van der Waals surface area contributed by atoms with Crippen molar-refractivity contribution in [3.63, 3.8) is 0 Å². The molecule has 0 saturated carbocycles. The van der Waals surface area contributed by atoms with Gasteiger partial charge in [-0.2, -0.15) is 0 Å². The van der Waals surface area contributed by atoms with Crippen LogP contribution in [0.25, 0.3) is 0 Å². The first-order valence-corrected chi connectivity index (χ1v) is 7.21. The van der Waals surface area contributed by atoms with E-state index in [1.165, 1.54) is 11.1 Å². The maximum absolute atomic E-state index is 5.52. The van der Waals surface area contributed by atoms with Gasteiger partial charge >= 0.3 is 0 Å². The summed E-state index contributed by atoms with van der Waals surface area (Å²) < 4.78 is 5.52. The van der Waals surface area contributed by atoms with Gasteiger partial charge in [0.25, 0.3) is 0 Å². The summed E-state index contributed by atoms with van der Waals surface area (Å²) in [5.41, 5.74) is 2.69. The summed E-state index contributed by atoms with van der Waals surface area (Å²) in [6, 6.07) is 6.48. The van der Waals surface area contributed by atoms with Gasteiger partial charge in [-0.3, -0.25) is 4.99 Å². The highest BCUT2D eigenvalue weighted by atomic mass is 127. The van der Waals surface area contributed by atoms with Crippen LogP contribution in [0.15, 0.2) is 23.2 Å². The average molecular weight is 403 g/mol. The topological polar surface area (TPSA) is 45.7 Å². The van der Waals surface area contributed by atoms with Crippen molar-refractivity contribution in [2.75, 3.05) is 20.2 Å². The molecule has 0 saturated heterocycles. The van der Waals surface area contributed by atoms with Crippen LogP contribution in [-0.2, 0) is 12.8 Å². The maximum Gasteiger partial charge on any atom is 0.191 e. The third-order valence-electron chi connectivity index (χ3n) is 3.18. The predicted molar refractivity (Wildman–Crippen MR) is 99.0 cm³/mol. The molecule has 2 N–H and O–H groups in total. The second-order valence-corrected chi connectivity index (χ2v) is 6.16. The highest BCUT2D eigenvalue weighted by molar-refractivity contribution is 14.0. The molecule has 1 aromatic rings. The average Bonchev–Trinajstić information content (AvgIpc) is 2.83. The van der Waals surface area contributed by atoms with E-state index in [0.29, 0.717) is 0 Å². The number of halogens is 1. The monoisotopic (exact) mass is 403 g/mol. The Balaban J connectivity index is 0.00000220. The van der Waals surface area contributed by atoms with E-state index in [0.717, 1.165) is 37.7 Å². The number of nitrogens with zero attached hydrogens (tertiary/aromatic N) is 1. The van der Waals surface area contributed by atoms with E-state index < -0.39 is 0 Å². The Kier molecular flexibility index (Phi) is 6.77. The number of guanidine groups is 1. The summed E-state index contributed by atoms with van der Waals surface area (Å²) in [6.45, 7) is 8.07. The number of rotatable bonds is 3. The van der Waals surface area contributed by atoms with E-state index in [1.54, 1.807) is 7.05 Å². The van der Waals surface area contributed by atoms with Crippen LogP contribution in [0.4, 0.5) is 0 Å². The molecular weight excluding hydrogens is 377 g/mol. The van der Waals surface area contributed by atoms with E-state index in [-0.39, 0.29) is 29.5 Å². The van der Waals surface area contributed by atoms with Gasteiger partial charge < -0.3 is 15.4 Å². The Morgan fingerprint density at radius 1 is 1.33 bits per heavy atom. The van der Waals surface area contributed by atoms with Crippen molar-refractivity contribution in [2.45, 2.75) is 39.2 Å². The summed E-state index contributed by atoms with van der Waals surface area (Å²) in [5.74, 6) is 1.90. The maximum atomic E-state index is 5.52. The first kappa shape index (κ1) is 18.1. The molecule has 0 atom stereocenters. The molecule has 0 bridgehead atoms. The van der Waals surface area contributed by atoms with Crippen molar-refractivity contribution in [3.8, 4) is 5.75 Å². The summed E-state index contributed by atoms with van der Waals surface area (Å²) >= 11 is 0. The van der Waals surface area contributed by atoms with Crippen molar-refractivity contribution in [1.82, 2.24) is 10.6 Å². The molecule has 118 valence electrons. The summed E-state index contributed by atoms with van der Waals surface area (Å²) in [5, 5.41) is 6.70. The van der Waals surface area contributed by atoms with Crippen molar-refractivity contribution in [2.24, 2.45) is 4.99 Å². The lowest BCUT2D eigenvalue weighted by Crippen LogP contribution is -2.48. The zero-order valence-corrected chi connectivity index (χ0v) is 15.7. The van der Waals surface area contributed by atoms with E-state index >= 15 is 0 Å². The third-order valence-corrected chi connectivity index (χ3v) is 3.18. The van der Waals surface area contributed by atoms with Gasteiger partial charge in [0.1, 0.15) is 5.75 Å². The minimum Gasteiger partial charge on any atom is -0.493 e. The zero-order chi connectivity index (χ0) is 14.6. The number of hydrogen-bond acceptors (Lipinski definition) is 2. The quantitative estimate of drug-likeness (QED) is 0.464. The van der Waals surface area contributed by atoms with Gasteiger partial charge in [0, 0.05) is 25.6 Å². The summed E-state index contributed by atoms with van der Waals surface area (Å²) in [7, 11) is 1.80. The lowest BCUT2D eigenvalue weighted by atomic mass is 10.1. The van der Waals surface area contributed by atoms with Gasteiger partial charge in [-0.15, -0.1) is 24.0 Å². The number of ether oxygens (including phenoxy) is 1. The van der Waals surface area contributed by atoms with Crippen LogP contribution < -0.4 is 15.4 Å². The van der Waals surface area contributed by atoms with Crippen molar-refractivity contribution >= 4 is 29.9 Å². The van der Waals surface area contributed by atoms with Crippen LogP contribution in [-0.4, -0.2) is 31.7 Å². The summed E-state index contributed by atoms with van der Waals surface area (Å²) in [4.78, 5) is 4.24. The Hall–Kier alpha value is -0.980. The number of nitrogens with one attached hydrogen (secondary N) is 2. The molecule has 0 fully saturated rings. The molecule has 1 aromatic carbocycles. The number of fused-ring (bicyclic) bond motifs is 1. The molecule has 0 unspecified atom stereocenters. The molecule has 0 spiro atoms. The van der Waals surface area contributed by atoms with Gasteiger partial charge in [-0.25, -0.2) is 0 Å². The van der Waals surface area contributed by atoms with Crippen LogP contribution in [0.3, 0.4) is 0 Å². The highest BCUT2D eigenvalue weighted by Gasteiger charge is 2.13. The second-order valence-electron chi connectivity index (χ2n) is 6.16. The largest absolute Gasteiger partial charge is 0.493 e. The molecule has 0 amide bonds. The molecule has 0 radical (unpaired) electrons. The molecule has 2 rings (SSSR count). The van der Waals surface area contributed by atoms with Gasteiger partial charge in [0.15, 0.2) is 5.96 Å². The molecule has 0 aliphatic carbocycles. The molecule has 1 aliphatic rings. The molecule has 5 heteroatoms. The van der Waals surface area contributed by atoms with E-state index in [2.05, 4.69) is 54.6 Å². The normalized spacial score (nSPS) is 14.0. The van der Waals surface area contributed by atoms with Crippen LogP contribution >= 0.6 is 24.0 Å². The number of hydrogen-bond donors (Lipinski definition) is 2. The fraction of sp³-hybridized carbons (Fsp3) is 0.562. The Labute approximate surface area is 144 Å². The smallest absolute Gasteiger partial charge is 0.191 e. The Morgan fingerprint density at radius 3 is 2.76 bits per heavy atom. The van der Waals surface area contributed by atoms with Crippen molar-refractivity contribution in [3.05, 3.63) is 29.3 Å². The van der Waals surface area contributed by atoms with E-state index in [9.17, 15) is 0 Å². The van der Waals surface area contributed by atoms with E-state index in [1.807, 2.05) is 0 Å². The molecule has 0 aromatic heterocycles. The molecule has 1 aliphatic heterocycles. The van der Waals surface area contributed by atoms with Crippen LogP contribution in [0, 0.1) is 0 Å². The Bertz CT molecular complexity index is 495. The lowest BCUT2D eigenvalue weighted by molar-refractivity contribution is 0.357. The fourth-order valence-electron chi connectivity index (χ4n) is 2.26. The highest BCUT2D eigenvalue weighted by Crippen LogP contribution is 2.25. The summed E-state index contributed by atoms with van der Waals surface area (Å²) in [6.07, 6.45) is 2.02. The minimum absolute atomic E-state index is 0. The third kappa shape index (κ3) is 5.73. The predicted octanol–water partition coefficient (Wildman–Crippen LogP) is 2.75. The number of aliphatic imine (C=N–C) groups is 1.